The maximum Gasteiger partial charge on any atom is 0.282 e. The lowest BCUT2D eigenvalue weighted by molar-refractivity contribution is -0.120. The third kappa shape index (κ3) is 3.97. The number of rotatable bonds is 4. The number of benzene rings is 3. The first-order chi connectivity index (χ1) is 14.8. The molecule has 3 aromatic carbocycles. The van der Waals surface area contributed by atoms with Gasteiger partial charge in [0.05, 0.1) is 11.3 Å². The van der Waals surface area contributed by atoms with Gasteiger partial charge in [-0.2, -0.15) is 0 Å². The number of carbonyl (C=O) groups excluding carboxylic acids is 2. The quantitative estimate of drug-likeness (QED) is 0.473. The second-order valence-corrected chi connectivity index (χ2v) is 8.45. The lowest BCUT2D eigenvalue weighted by Crippen LogP contribution is -2.33. The average Bonchev–Trinajstić information content (AvgIpc) is 2.95. The summed E-state index contributed by atoms with van der Waals surface area (Å²) in [4.78, 5) is 28.2. The summed E-state index contributed by atoms with van der Waals surface area (Å²) in [7, 11) is 0. The van der Waals surface area contributed by atoms with Crippen molar-refractivity contribution >= 4 is 52.0 Å². The first kappa shape index (κ1) is 21.2. The van der Waals surface area contributed by atoms with Crippen LogP contribution < -0.4 is 10.2 Å². The van der Waals surface area contributed by atoms with Gasteiger partial charge in [0.15, 0.2) is 0 Å². The molecule has 0 spiro atoms. The first-order valence-electron chi connectivity index (χ1n) is 9.75. The second-order valence-electron chi connectivity index (χ2n) is 7.58. The van der Waals surface area contributed by atoms with Gasteiger partial charge in [0.2, 0.25) is 0 Å². The van der Waals surface area contributed by atoms with E-state index >= 15 is 0 Å². The van der Waals surface area contributed by atoms with Gasteiger partial charge in [-0.05, 0) is 73.9 Å². The molecule has 4 rings (SSSR count). The average molecular weight is 451 g/mol. The summed E-state index contributed by atoms with van der Waals surface area (Å²) in [5.74, 6) is -0.814. The molecule has 1 heterocycles. The molecule has 0 atom stereocenters. The molecule has 0 radical (unpaired) electrons. The van der Waals surface area contributed by atoms with Crippen LogP contribution in [0.15, 0.2) is 66.4 Å². The Bertz CT molecular complexity index is 1250. The molecule has 0 bridgehead atoms. The van der Waals surface area contributed by atoms with Crippen LogP contribution in [0.25, 0.3) is 5.57 Å². The van der Waals surface area contributed by atoms with Crippen LogP contribution in [0.2, 0.25) is 10.0 Å². The first-order valence-corrected chi connectivity index (χ1v) is 10.5. The Hall–Kier alpha value is -3.08. The van der Waals surface area contributed by atoms with Gasteiger partial charge in [0.25, 0.3) is 11.8 Å². The maximum atomic E-state index is 13.5. The summed E-state index contributed by atoms with van der Waals surface area (Å²) in [6.45, 7) is 5.78. The number of imide groups is 1. The van der Waals surface area contributed by atoms with E-state index in [2.05, 4.69) is 5.32 Å². The summed E-state index contributed by atoms with van der Waals surface area (Å²) in [5.41, 5.74) is 5.24. The van der Waals surface area contributed by atoms with E-state index in [-0.39, 0.29) is 5.70 Å². The predicted octanol–water partition coefficient (Wildman–Crippen LogP) is 6.32. The van der Waals surface area contributed by atoms with E-state index in [1.165, 1.54) is 4.90 Å². The summed E-state index contributed by atoms with van der Waals surface area (Å²) < 4.78 is 0. The summed E-state index contributed by atoms with van der Waals surface area (Å²) >= 11 is 12.1. The number of hydrogen-bond donors (Lipinski definition) is 1. The van der Waals surface area contributed by atoms with Crippen LogP contribution in [-0.2, 0) is 9.59 Å². The summed E-state index contributed by atoms with van der Waals surface area (Å²) in [6, 6.07) is 17.9. The summed E-state index contributed by atoms with van der Waals surface area (Å²) in [5, 5.41) is 4.31. The molecule has 1 N–H and O–H groups in total. The highest BCUT2D eigenvalue weighted by Crippen LogP contribution is 2.36. The molecule has 4 nitrogen and oxygen atoms in total. The number of amides is 2. The monoisotopic (exact) mass is 450 g/mol. The highest BCUT2D eigenvalue weighted by atomic mass is 35.5. The van der Waals surface area contributed by atoms with Crippen LogP contribution in [0, 0.1) is 20.8 Å². The number of carbonyl (C=O) groups is 2. The van der Waals surface area contributed by atoms with E-state index in [4.69, 9.17) is 23.2 Å². The molecule has 31 heavy (non-hydrogen) atoms. The van der Waals surface area contributed by atoms with Crippen LogP contribution >= 0.6 is 23.2 Å². The molecule has 3 aromatic rings. The molecular weight excluding hydrogens is 431 g/mol. The van der Waals surface area contributed by atoms with Crippen molar-refractivity contribution in [3.63, 3.8) is 0 Å². The van der Waals surface area contributed by atoms with Gasteiger partial charge in [0, 0.05) is 15.7 Å². The third-order valence-electron chi connectivity index (χ3n) is 5.26. The molecule has 6 heteroatoms. The van der Waals surface area contributed by atoms with Crippen molar-refractivity contribution in [1.29, 1.82) is 0 Å². The molecule has 0 saturated heterocycles. The Morgan fingerprint density at radius 3 is 2.06 bits per heavy atom. The second kappa shape index (κ2) is 8.22. The zero-order valence-corrected chi connectivity index (χ0v) is 18.8. The molecule has 1 aliphatic heterocycles. The largest absolute Gasteiger partial charge is 0.350 e. The lowest BCUT2D eigenvalue weighted by Gasteiger charge is -2.18. The standard InChI is InChI=1S/C25H20Cl2N2O2/c1-14-4-10-20(15(2)12-14)28-23-22(17-5-7-18(26)8-6-17)24(30)29(25(23)31)21-11-9-19(27)13-16(21)3/h4-13,28H,1-3H3. The number of anilines is 2. The smallest absolute Gasteiger partial charge is 0.282 e. The lowest BCUT2D eigenvalue weighted by atomic mass is 10.0. The fraction of sp³-hybridized carbons (Fsp3) is 0.120. The fourth-order valence-corrected chi connectivity index (χ4v) is 4.06. The minimum atomic E-state index is -0.416. The maximum absolute atomic E-state index is 13.5. The minimum Gasteiger partial charge on any atom is -0.350 e. The highest BCUT2D eigenvalue weighted by molar-refractivity contribution is 6.46. The van der Waals surface area contributed by atoms with Crippen molar-refractivity contribution in [2.45, 2.75) is 20.8 Å². The normalized spacial score (nSPS) is 13.9. The van der Waals surface area contributed by atoms with Gasteiger partial charge < -0.3 is 5.32 Å². The van der Waals surface area contributed by atoms with Crippen LogP contribution in [0.4, 0.5) is 11.4 Å². The highest BCUT2D eigenvalue weighted by Gasteiger charge is 2.41. The van der Waals surface area contributed by atoms with Crippen molar-refractivity contribution in [2.75, 3.05) is 10.2 Å². The minimum absolute atomic E-state index is 0.230. The van der Waals surface area contributed by atoms with Crippen LogP contribution in [0.1, 0.15) is 22.3 Å². The van der Waals surface area contributed by atoms with Gasteiger partial charge in [-0.25, -0.2) is 4.90 Å². The van der Waals surface area contributed by atoms with Gasteiger partial charge in [-0.1, -0.05) is 53.0 Å². The third-order valence-corrected chi connectivity index (χ3v) is 5.75. The van der Waals surface area contributed by atoms with Gasteiger partial charge >= 0.3 is 0 Å². The topological polar surface area (TPSA) is 49.4 Å². The van der Waals surface area contributed by atoms with E-state index in [0.29, 0.717) is 26.9 Å². The van der Waals surface area contributed by atoms with Gasteiger partial charge in [-0.15, -0.1) is 0 Å². The number of nitrogens with one attached hydrogen (secondary N) is 1. The van der Waals surface area contributed by atoms with E-state index in [1.54, 1.807) is 42.5 Å². The Morgan fingerprint density at radius 1 is 0.742 bits per heavy atom. The van der Waals surface area contributed by atoms with E-state index in [0.717, 1.165) is 22.4 Å². The Labute approximate surface area is 191 Å². The van der Waals surface area contributed by atoms with Crippen LogP contribution in [-0.4, -0.2) is 11.8 Å². The molecule has 2 amide bonds. The van der Waals surface area contributed by atoms with Crippen molar-refractivity contribution in [2.24, 2.45) is 0 Å². The Balaban J connectivity index is 1.85. The molecule has 0 aliphatic carbocycles. The fourth-order valence-electron chi connectivity index (χ4n) is 3.71. The molecule has 0 saturated carbocycles. The molecule has 0 aromatic heterocycles. The van der Waals surface area contributed by atoms with Crippen LogP contribution in [0.5, 0.6) is 0 Å². The van der Waals surface area contributed by atoms with Crippen molar-refractivity contribution in [1.82, 2.24) is 0 Å². The predicted molar refractivity (Wildman–Crippen MR) is 127 cm³/mol. The zero-order chi connectivity index (χ0) is 22.3. The molecular formula is C25H20Cl2N2O2. The van der Waals surface area contributed by atoms with Crippen molar-refractivity contribution in [3.8, 4) is 0 Å². The van der Waals surface area contributed by atoms with Crippen molar-refractivity contribution in [3.05, 3.63) is 98.7 Å². The Morgan fingerprint density at radius 2 is 1.42 bits per heavy atom. The SMILES string of the molecule is Cc1ccc(NC2=C(c3ccc(Cl)cc3)C(=O)N(c3ccc(Cl)cc3C)C2=O)c(C)c1. The van der Waals surface area contributed by atoms with Gasteiger partial charge in [0.1, 0.15) is 5.70 Å². The zero-order valence-electron chi connectivity index (χ0n) is 17.3. The molecule has 0 unspecified atom stereocenters. The van der Waals surface area contributed by atoms with Gasteiger partial charge in [-0.3, -0.25) is 9.59 Å². The Kier molecular flexibility index (Phi) is 5.61. The molecule has 0 fully saturated rings. The van der Waals surface area contributed by atoms with Crippen molar-refractivity contribution < 1.29 is 9.59 Å². The molecule has 156 valence electrons. The number of hydrogen-bond acceptors (Lipinski definition) is 3. The molecule has 1 aliphatic rings. The number of halogens is 2. The summed E-state index contributed by atoms with van der Waals surface area (Å²) in [6.07, 6.45) is 0. The van der Waals surface area contributed by atoms with E-state index in [9.17, 15) is 9.59 Å². The number of nitrogens with zero attached hydrogens (tertiary/aromatic N) is 1. The van der Waals surface area contributed by atoms with Crippen LogP contribution in [0.3, 0.4) is 0 Å². The number of aryl methyl sites for hydroxylation is 3. The van der Waals surface area contributed by atoms with E-state index < -0.39 is 11.8 Å². The van der Waals surface area contributed by atoms with E-state index in [1.807, 2.05) is 39.0 Å².